The maximum absolute atomic E-state index is 11.5. The fourth-order valence-corrected chi connectivity index (χ4v) is 1.79. The lowest BCUT2D eigenvalue weighted by atomic mass is 10.1. The SMILES string of the molecule is COC(=O)c1cnc2ccc(Cl)cc2c1C. The molecular formula is C12H10ClNO2. The molecule has 0 aliphatic heterocycles. The van der Waals surface area contributed by atoms with Crippen LogP contribution in [0, 0.1) is 6.92 Å². The highest BCUT2D eigenvalue weighted by atomic mass is 35.5. The Labute approximate surface area is 98.0 Å². The van der Waals surface area contributed by atoms with E-state index in [1.54, 1.807) is 12.1 Å². The van der Waals surface area contributed by atoms with Crippen molar-refractivity contribution in [2.24, 2.45) is 0 Å². The van der Waals surface area contributed by atoms with Gasteiger partial charge in [-0.3, -0.25) is 4.98 Å². The fraction of sp³-hybridized carbons (Fsp3) is 0.167. The zero-order chi connectivity index (χ0) is 11.7. The highest BCUT2D eigenvalue weighted by Gasteiger charge is 2.12. The van der Waals surface area contributed by atoms with E-state index in [-0.39, 0.29) is 5.97 Å². The van der Waals surface area contributed by atoms with Gasteiger partial charge in [-0.15, -0.1) is 0 Å². The van der Waals surface area contributed by atoms with Crippen LogP contribution >= 0.6 is 11.6 Å². The minimum absolute atomic E-state index is 0.383. The Kier molecular flexibility index (Phi) is 2.79. The number of pyridine rings is 1. The van der Waals surface area contributed by atoms with Crippen LogP contribution in [0.15, 0.2) is 24.4 Å². The molecule has 16 heavy (non-hydrogen) atoms. The van der Waals surface area contributed by atoms with Crippen LogP contribution < -0.4 is 0 Å². The molecule has 0 bridgehead atoms. The Hall–Kier alpha value is -1.61. The van der Waals surface area contributed by atoms with Gasteiger partial charge in [0.25, 0.3) is 0 Å². The summed E-state index contributed by atoms with van der Waals surface area (Å²) in [6.07, 6.45) is 1.53. The molecule has 2 aromatic rings. The third-order valence-electron chi connectivity index (χ3n) is 2.50. The number of fused-ring (bicyclic) bond motifs is 1. The lowest BCUT2D eigenvalue weighted by molar-refractivity contribution is 0.0599. The topological polar surface area (TPSA) is 39.2 Å². The number of esters is 1. The predicted molar refractivity (Wildman–Crippen MR) is 62.8 cm³/mol. The van der Waals surface area contributed by atoms with E-state index >= 15 is 0 Å². The van der Waals surface area contributed by atoms with Crippen molar-refractivity contribution in [1.82, 2.24) is 4.98 Å². The summed E-state index contributed by atoms with van der Waals surface area (Å²) in [5, 5.41) is 1.50. The molecule has 1 aromatic carbocycles. The van der Waals surface area contributed by atoms with E-state index in [1.807, 2.05) is 13.0 Å². The number of rotatable bonds is 1. The minimum Gasteiger partial charge on any atom is -0.465 e. The predicted octanol–water partition coefficient (Wildman–Crippen LogP) is 2.98. The number of ether oxygens (including phenoxy) is 1. The second-order valence-electron chi connectivity index (χ2n) is 3.45. The summed E-state index contributed by atoms with van der Waals surface area (Å²) in [7, 11) is 1.35. The van der Waals surface area contributed by atoms with Gasteiger partial charge in [0.1, 0.15) is 0 Å². The van der Waals surface area contributed by atoms with Gasteiger partial charge in [0.05, 0.1) is 18.2 Å². The first-order valence-corrected chi connectivity index (χ1v) is 5.14. The molecule has 0 N–H and O–H groups in total. The molecule has 4 heteroatoms. The molecule has 0 unspecified atom stereocenters. The lowest BCUT2D eigenvalue weighted by Gasteiger charge is -2.07. The van der Waals surface area contributed by atoms with Crippen LogP contribution in [0.3, 0.4) is 0 Å². The summed E-state index contributed by atoms with van der Waals surface area (Å²) in [6.45, 7) is 1.85. The molecule has 0 radical (unpaired) electrons. The molecule has 0 fully saturated rings. The second kappa shape index (κ2) is 4.10. The van der Waals surface area contributed by atoms with E-state index in [4.69, 9.17) is 11.6 Å². The molecule has 0 aliphatic rings. The number of benzene rings is 1. The van der Waals surface area contributed by atoms with Crippen LogP contribution in [-0.4, -0.2) is 18.1 Å². The number of hydrogen-bond donors (Lipinski definition) is 0. The summed E-state index contributed by atoms with van der Waals surface area (Å²) in [5.41, 5.74) is 2.12. The van der Waals surface area contributed by atoms with Crippen LogP contribution in [0.1, 0.15) is 15.9 Å². The van der Waals surface area contributed by atoms with Crippen molar-refractivity contribution in [3.63, 3.8) is 0 Å². The number of halogens is 1. The van der Waals surface area contributed by atoms with Crippen LogP contribution in [0.4, 0.5) is 0 Å². The van der Waals surface area contributed by atoms with E-state index in [0.29, 0.717) is 10.6 Å². The number of carbonyl (C=O) groups is 1. The number of aromatic nitrogens is 1. The third-order valence-corrected chi connectivity index (χ3v) is 2.74. The first-order valence-electron chi connectivity index (χ1n) is 4.76. The molecule has 0 saturated carbocycles. The first kappa shape index (κ1) is 10.9. The highest BCUT2D eigenvalue weighted by molar-refractivity contribution is 6.31. The zero-order valence-corrected chi connectivity index (χ0v) is 9.71. The highest BCUT2D eigenvalue weighted by Crippen LogP contribution is 2.23. The van der Waals surface area contributed by atoms with E-state index < -0.39 is 0 Å². The molecule has 0 spiro atoms. The Bertz CT molecular complexity index is 566. The molecule has 0 atom stereocenters. The molecule has 0 aliphatic carbocycles. The monoisotopic (exact) mass is 235 g/mol. The molecule has 3 nitrogen and oxygen atoms in total. The summed E-state index contributed by atoms with van der Waals surface area (Å²) < 4.78 is 4.68. The van der Waals surface area contributed by atoms with Crippen molar-refractivity contribution in [1.29, 1.82) is 0 Å². The average molecular weight is 236 g/mol. The van der Waals surface area contributed by atoms with Gasteiger partial charge in [-0.2, -0.15) is 0 Å². The number of hydrogen-bond acceptors (Lipinski definition) is 3. The summed E-state index contributed by atoms with van der Waals surface area (Å²) in [6, 6.07) is 5.39. The fourth-order valence-electron chi connectivity index (χ4n) is 1.61. The van der Waals surface area contributed by atoms with Gasteiger partial charge in [-0.25, -0.2) is 4.79 Å². The van der Waals surface area contributed by atoms with Crippen molar-refractivity contribution in [2.75, 3.05) is 7.11 Å². The molecule has 82 valence electrons. The van der Waals surface area contributed by atoms with Crippen molar-refractivity contribution in [3.05, 3.63) is 40.5 Å². The molecule has 1 heterocycles. The Morgan fingerprint density at radius 2 is 2.19 bits per heavy atom. The third kappa shape index (κ3) is 1.74. The van der Waals surface area contributed by atoms with E-state index in [2.05, 4.69) is 9.72 Å². The van der Waals surface area contributed by atoms with Gasteiger partial charge in [0.15, 0.2) is 0 Å². The smallest absolute Gasteiger partial charge is 0.339 e. The van der Waals surface area contributed by atoms with Crippen molar-refractivity contribution >= 4 is 28.5 Å². The number of nitrogens with zero attached hydrogens (tertiary/aromatic N) is 1. The average Bonchev–Trinajstić information content (AvgIpc) is 2.29. The van der Waals surface area contributed by atoms with Gasteiger partial charge < -0.3 is 4.74 Å². The normalized spacial score (nSPS) is 10.4. The Morgan fingerprint density at radius 3 is 2.88 bits per heavy atom. The van der Waals surface area contributed by atoms with E-state index in [0.717, 1.165) is 16.5 Å². The number of carbonyl (C=O) groups excluding carboxylic acids is 1. The lowest BCUT2D eigenvalue weighted by Crippen LogP contribution is -2.04. The standard InChI is InChI=1S/C12H10ClNO2/c1-7-9-5-8(13)3-4-11(9)14-6-10(7)12(15)16-2/h3-6H,1-2H3. The second-order valence-corrected chi connectivity index (χ2v) is 3.89. The van der Waals surface area contributed by atoms with Crippen molar-refractivity contribution < 1.29 is 9.53 Å². The number of methoxy groups -OCH3 is 1. The van der Waals surface area contributed by atoms with E-state index in [9.17, 15) is 4.79 Å². The van der Waals surface area contributed by atoms with Crippen LogP contribution in [0.5, 0.6) is 0 Å². The van der Waals surface area contributed by atoms with Crippen LogP contribution in [0.25, 0.3) is 10.9 Å². The molecule has 0 amide bonds. The maximum Gasteiger partial charge on any atom is 0.339 e. The van der Waals surface area contributed by atoms with Gasteiger partial charge in [-0.1, -0.05) is 11.6 Å². The zero-order valence-electron chi connectivity index (χ0n) is 8.95. The maximum atomic E-state index is 11.5. The summed E-state index contributed by atoms with van der Waals surface area (Å²) in [5.74, 6) is -0.383. The van der Waals surface area contributed by atoms with Gasteiger partial charge >= 0.3 is 5.97 Å². The van der Waals surface area contributed by atoms with Crippen LogP contribution in [-0.2, 0) is 4.74 Å². The Morgan fingerprint density at radius 1 is 1.44 bits per heavy atom. The van der Waals surface area contributed by atoms with Gasteiger partial charge in [0, 0.05) is 16.6 Å². The summed E-state index contributed by atoms with van der Waals surface area (Å²) >= 11 is 5.91. The van der Waals surface area contributed by atoms with E-state index in [1.165, 1.54) is 13.3 Å². The molecular weight excluding hydrogens is 226 g/mol. The molecule has 1 aromatic heterocycles. The molecule has 2 rings (SSSR count). The number of aryl methyl sites for hydroxylation is 1. The first-order chi connectivity index (χ1) is 7.63. The van der Waals surface area contributed by atoms with Crippen LogP contribution in [0.2, 0.25) is 5.02 Å². The molecule has 0 saturated heterocycles. The van der Waals surface area contributed by atoms with Crippen molar-refractivity contribution in [3.8, 4) is 0 Å². The van der Waals surface area contributed by atoms with Gasteiger partial charge in [0.2, 0.25) is 0 Å². The van der Waals surface area contributed by atoms with Crippen molar-refractivity contribution in [2.45, 2.75) is 6.92 Å². The minimum atomic E-state index is -0.383. The quantitative estimate of drug-likeness (QED) is 0.714. The largest absolute Gasteiger partial charge is 0.465 e. The van der Waals surface area contributed by atoms with Gasteiger partial charge in [-0.05, 0) is 30.7 Å². The summed E-state index contributed by atoms with van der Waals surface area (Å²) in [4.78, 5) is 15.7. The Balaban J connectivity index is 2.72.